The molecule has 4 nitrogen and oxygen atoms in total. The van der Waals surface area contributed by atoms with Crippen LogP contribution in [0.15, 0.2) is 217 Å². The summed E-state index contributed by atoms with van der Waals surface area (Å²) in [5.41, 5.74) is 23.4. The first-order valence-corrected chi connectivity index (χ1v) is 26.6. The Bertz CT molecular complexity index is 4310. The van der Waals surface area contributed by atoms with Crippen LogP contribution in [0.25, 0.3) is 66.0 Å². The van der Waals surface area contributed by atoms with Crippen LogP contribution in [0.1, 0.15) is 76.3 Å². The van der Waals surface area contributed by atoms with Crippen molar-refractivity contribution in [1.29, 1.82) is 0 Å². The fraction of sp³-hybridized carbons (Fsp3) is 0.143. The van der Waals surface area contributed by atoms with E-state index in [9.17, 15) is 0 Å². The summed E-state index contributed by atoms with van der Waals surface area (Å²) in [6.07, 6.45) is 0. The molecule has 2 aromatic heterocycles. The Morgan fingerprint density at radius 3 is 1.77 bits per heavy atom. The second-order valence-corrected chi connectivity index (χ2v) is 23.3. The Morgan fingerprint density at radius 1 is 0.493 bits per heavy atom. The fourth-order valence-corrected chi connectivity index (χ4v) is 13.7. The summed E-state index contributed by atoms with van der Waals surface area (Å²) in [5, 5.41) is 5.88. The zero-order chi connectivity index (χ0) is 50.7. The van der Waals surface area contributed by atoms with Crippen molar-refractivity contribution in [2.24, 2.45) is 0 Å². The molecule has 12 aromatic rings. The van der Waals surface area contributed by atoms with Gasteiger partial charge in [0.2, 0.25) is 0 Å². The van der Waals surface area contributed by atoms with Crippen LogP contribution in [0.4, 0.5) is 34.1 Å². The maximum Gasteiger partial charge on any atom is 0.336 e. The van der Waals surface area contributed by atoms with E-state index in [1.54, 1.807) is 0 Å². The van der Waals surface area contributed by atoms with Crippen molar-refractivity contribution in [3.63, 3.8) is 0 Å². The SMILES string of the molecule is CC(C)(C)c1ccc(N2c3cc4c(cc3B3c5c2cc2ccccc2c5-c2ccc(N(c5ccccc5)c5ccccc5)c5c6c7ccccc7oc6n3c25)C(C)(C)c2ccccc2C4(C)C)c(-c2ccccc2)c1. The number of rotatable bonds is 5. The molecule has 0 unspecified atom stereocenters. The minimum Gasteiger partial charge on any atom is -0.441 e. The summed E-state index contributed by atoms with van der Waals surface area (Å²) in [4.78, 5) is 5.09. The molecule has 10 aromatic carbocycles. The molecule has 3 aliphatic rings. The van der Waals surface area contributed by atoms with Crippen molar-refractivity contribution in [2.75, 3.05) is 9.80 Å². The number of hydrogen-bond acceptors (Lipinski definition) is 3. The highest BCUT2D eigenvalue weighted by Gasteiger charge is 2.49. The van der Waals surface area contributed by atoms with Crippen LogP contribution >= 0.6 is 0 Å². The molecule has 0 N–H and O–H groups in total. The highest BCUT2D eigenvalue weighted by atomic mass is 16.3. The first kappa shape index (κ1) is 44.0. The lowest BCUT2D eigenvalue weighted by molar-refractivity contribution is 0.521. The van der Waals surface area contributed by atoms with E-state index < -0.39 is 0 Å². The van der Waals surface area contributed by atoms with Gasteiger partial charge < -0.3 is 18.7 Å². The monoisotopic (exact) mass is 965 g/mol. The average Bonchev–Trinajstić information content (AvgIpc) is 4.24. The summed E-state index contributed by atoms with van der Waals surface area (Å²) in [7, 11) is 0. The molecular weight excluding hydrogens is 910 g/mol. The maximum absolute atomic E-state index is 7.41. The van der Waals surface area contributed by atoms with Crippen molar-refractivity contribution in [2.45, 2.75) is 64.7 Å². The standard InChI is InChI=1S/C70H56BN3O/c1-68(2,3)45-35-37-57(51(40-45)43-23-11-8-12-24-43)73-59-42-55-54(69(4,5)52-32-20-21-33-53(52)70(55,6)7)41-56(59)71-65-60(73)39-44-25-17-18-30-48(44)62(65)50-36-38-58(72(46-26-13-9-14-27-46)47-28-15-10-16-29-47)64-63-49-31-19-22-34-61(49)75-67(63)74(71)66(50)64/h8-42H,1-7H3. The van der Waals surface area contributed by atoms with E-state index in [4.69, 9.17) is 4.42 Å². The third-order valence-electron chi connectivity index (χ3n) is 17.3. The van der Waals surface area contributed by atoms with E-state index in [1.807, 2.05) is 0 Å². The molecule has 15 rings (SSSR count). The molecule has 4 heterocycles. The molecule has 75 heavy (non-hydrogen) atoms. The largest absolute Gasteiger partial charge is 0.441 e. The zero-order valence-corrected chi connectivity index (χ0v) is 43.5. The second kappa shape index (κ2) is 15.5. The van der Waals surface area contributed by atoms with Crippen LogP contribution in [0.3, 0.4) is 0 Å². The smallest absolute Gasteiger partial charge is 0.336 e. The number of furan rings is 1. The van der Waals surface area contributed by atoms with Crippen LogP contribution in [0.2, 0.25) is 0 Å². The van der Waals surface area contributed by atoms with Gasteiger partial charge in [0.1, 0.15) is 5.58 Å². The second-order valence-electron chi connectivity index (χ2n) is 23.3. The molecule has 0 amide bonds. The average molecular weight is 966 g/mol. The first-order valence-electron chi connectivity index (χ1n) is 26.6. The number of fused-ring (bicyclic) bond motifs is 13. The molecule has 0 atom stereocenters. The van der Waals surface area contributed by atoms with Crippen molar-refractivity contribution < 1.29 is 4.42 Å². The first-order chi connectivity index (χ1) is 36.4. The van der Waals surface area contributed by atoms with Gasteiger partial charge in [0, 0.05) is 55.5 Å². The summed E-state index contributed by atoms with van der Waals surface area (Å²) in [5.74, 6) is 0. The molecule has 0 spiro atoms. The quantitative estimate of drug-likeness (QED) is 0.161. The van der Waals surface area contributed by atoms with Crippen LogP contribution in [0.5, 0.6) is 0 Å². The Hall–Kier alpha value is -8.54. The molecule has 5 heteroatoms. The van der Waals surface area contributed by atoms with E-state index >= 15 is 0 Å². The van der Waals surface area contributed by atoms with E-state index in [2.05, 4.69) is 275 Å². The minimum atomic E-state index is -0.288. The van der Waals surface area contributed by atoms with Crippen LogP contribution in [-0.2, 0) is 16.2 Å². The van der Waals surface area contributed by atoms with Gasteiger partial charge in [-0.1, -0.05) is 200 Å². The zero-order valence-electron chi connectivity index (χ0n) is 43.5. The summed E-state index contributed by atoms with van der Waals surface area (Å²) in [6, 6.07) is 79.4. The van der Waals surface area contributed by atoms with Crippen molar-refractivity contribution in [3.8, 4) is 22.3 Å². The molecular formula is C70H56BN3O. The van der Waals surface area contributed by atoms with Crippen molar-refractivity contribution in [1.82, 2.24) is 4.48 Å². The molecule has 0 bridgehead atoms. The van der Waals surface area contributed by atoms with E-state index in [1.165, 1.54) is 94.0 Å². The lowest BCUT2D eigenvalue weighted by Crippen LogP contribution is -2.57. The molecule has 0 fully saturated rings. The van der Waals surface area contributed by atoms with Crippen LogP contribution in [0, 0.1) is 0 Å². The Morgan fingerprint density at radius 2 is 1.09 bits per heavy atom. The predicted octanol–water partition coefficient (Wildman–Crippen LogP) is 17.5. The minimum absolute atomic E-state index is 0.0614. The topological polar surface area (TPSA) is 24.6 Å². The Kier molecular flexibility index (Phi) is 9.09. The molecule has 0 radical (unpaired) electrons. The lowest BCUT2D eigenvalue weighted by atomic mass is 9.44. The van der Waals surface area contributed by atoms with Gasteiger partial charge in [-0.15, -0.1) is 0 Å². The highest BCUT2D eigenvalue weighted by molar-refractivity contribution is 6.90. The molecule has 2 aliphatic heterocycles. The number of nitrogens with zero attached hydrogens (tertiary/aromatic N) is 3. The van der Waals surface area contributed by atoms with E-state index in [0.29, 0.717) is 0 Å². The predicted molar refractivity (Wildman–Crippen MR) is 317 cm³/mol. The number of aromatic nitrogens is 1. The molecule has 360 valence electrons. The van der Waals surface area contributed by atoms with Gasteiger partial charge in [0.05, 0.1) is 22.3 Å². The van der Waals surface area contributed by atoms with Gasteiger partial charge in [-0.3, -0.25) is 0 Å². The molecule has 0 saturated carbocycles. The van der Waals surface area contributed by atoms with Crippen LogP contribution in [-0.4, -0.2) is 11.3 Å². The van der Waals surface area contributed by atoms with Crippen molar-refractivity contribution >= 4 is 95.6 Å². The number of benzene rings is 10. The lowest BCUT2D eigenvalue weighted by Gasteiger charge is -2.47. The van der Waals surface area contributed by atoms with Crippen molar-refractivity contribution in [3.05, 3.63) is 240 Å². The van der Waals surface area contributed by atoms with Gasteiger partial charge in [-0.05, 0) is 127 Å². The van der Waals surface area contributed by atoms with E-state index in [-0.39, 0.29) is 23.1 Å². The normalized spacial score (nSPS) is 14.8. The van der Waals surface area contributed by atoms with Gasteiger partial charge in [-0.25, -0.2) is 0 Å². The van der Waals surface area contributed by atoms with Gasteiger partial charge in [0.15, 0.2) is 5.71 Å². The summed E-state index contributed by atoms with van der Waals surface area (Å²) < 4.78 is 10.0. The van der Waals surface area contributed by atoms with E-state index in [0.717, 1.165) is 44.8 Å². The number of hydrogen-bond donors (Lipinski definition) is 0. The van der Waals surface area contributed by atoms with Gasteiger partial charge >= 0.3 is 6.85 Å². The molecule has 0 saturated heterocycles. The number of para-hydroxylation sites is 3. The molecule has 1 aliphatic carbocycles. The fourth-order valence-electron chi connectivity index (χ4n) is 13.7. The summed E-state index contributed by atoms with van der Waals surface area (Å²) in [6.45, 7) is 16.5. The van der Waals surface area contributed by atoms with Gasteiger partial charge in [-0.2, -0.15) is 0 Å². The maximum atomic E-state index is 7.41. The van der Waals surface area contributed by atoms with Gasteiger partial charge in [0.25, 0.3) is 0 Å². The number of anilines is 6. The summed E-state index contributed by atoms with van der Waals surface area (Å²) >= 11 is 0. The third kappa shape index (κ3) is 6.07. The third-order valence-corrected chi connectivity index (χ3v) is 17.3. The van der Waals surface area contributed by atoms with Crippen LogP contribution < -0.4 is 20.7 Å². The Labute approximate surface area is 439 Å². The highest BCUT2D eigenvalue weighted by Crippen LogP contribution is 2.56. The Balaban J connectivity index is 1.14.